The predicted octanol–water partition coefficient (Wildman–Crippen LogP) is 5.55. The SMILES string of the molecule is CCCCCCCC1(CBr)CC2CCC1C2. The first-order chi connectivity index (χ1) is 7.80. The zero-order chi connectivity index (χ0) is 11.4. The summed E-state index contributed by atoms with van der Waals surface area (Å²) in [6.45, 7) is 2.30. The highest BCUT2D eigenvalue weighted by Crippen LogP contribution is 2.58. The molecule has 1 heteroatoms. The molecule has 0 aromatic heterocycles. The third-order valence-electron chi connectivity index (χ3n) is 5.15. The first kappa shape index (κ1) is 12.9. The summed E-state index contributed by atoms with van der Waals surface area (Å²) in [5.74, 6) is 2.17. The van der Waals surface area contributed by atoms with Crippen molar-refractivity contribution in [1.29, 1.82) is 0 Å². The van der Waals surface area contributed by atoms with Gasteiger partial charge in [0.2, 0.25) is 0 Å². The molecule has 2 bridgehead atoms. The number of halogens is 1. The molecule has 0 aromatic rings. The lowest BCUT2D eigenvalue weighted by Gasteiger charge is -2.36. The van der Waals surface area contributed by atoms with Crippen molar-refractivity contribution in [1.82, 2.24) is 0 Å². The second-order valence-electron chi connectivity index (χ2n) is 6.24. The number of hydrogen-bond acceptors (Lipinski definition) is 0. The van der Waals surface area contributed by atoms with E-state index in [9.17, 15) is 0 Å². The van der Waals surface area contributed by atoms with Crippen LogP contribution in [-0.4, -0.2) is 5.33 Å². The second kappa shape index (κ2) is 5.89. The van der Waals surface area contributed by atoms with Gasteiger partial charge in [0.05, 0.1) is 0 Å². The van der Waals surface area contributed by atoms with Crippen LogP contribution in [0.1, 0.15) is 71.1 Å². The molecule has 0 aromatic carbocycles. The highest BCUT2D eigenvalue weighted by molar-refractivity contribution is 9.09. The molecule has 3 unspecified atom stereocenters. The molecule has 0 N–H and O–H groups in total. The van der Waals surface area contributed by atoms with Gasteiger partial charge in [-0.1, -0.05) is 61.4 Å². The summed E-state index contributed by atoms with van der Waals surface area (Å²) in [7, 11) is 0. The van der Waals surface area contributed by atoms with Gasteiger partial charge in [0.15, 0.2) is 0 Å². The average molecular weight is 287 g/mol. The molecule has 3 atom stereocenters. The fourth-order valence-corrected chi connectivity index (χ4v) is 5.14. The van der Waals surface area contributed by atoms with E-state index in [2.05, 4.69) is 22.9 Å². The van der Waals surface area contributed by atoms with Crippen LogP contribution in [0, 0.1) is 17.3 Å². The first-order valence-corrected chi connectivity index (χ1v) is 8.49. The minimum Gasteiger partial charge on any atom is -0.0922 e. The summed E-state index contributed by atoms with van der Waals surface area (Å²) in [4.78, 5) is 0. The van der Waals surface area contributed by atoms with Crippen molar-refractivity contribution in [3.8, 4) is 0 Å². The number of unbranched alkanes of at least 4 members (excludes halogenated alkanes) is 4. The molecule has 2 aliphatic carbocycles. The van der Waals surface area contributed by atoms with Gasteiger partial charge in [0.25, 0.3) is 0 Å². The molecular formula is C15H27Br. The van der Waals surface area contributed by atoms with Crippen LogP contribution < -0.4 is 0 Å². The molecule has 0 saturated heterocycles. The van der Waals surface area contributed by atoms with Crippen LogP contribution in [0.25, 0.3) is 0 Å². The molecule has 16 heavy (non-hydrogen) atoms. The van der Waals surface area contributed by atoms with Gasteiger partial charge in [-0.15, -0.1) is 0 Å². The van der Waals surface area contributed by atoms with Crippen LogP contribution in [0.3, 0.4) is 0 Å². The Kier molecular flexibility index (Phi) is 4.76. The largest absolute Gasteiger partial charge is 0.0922 e. The van der Waals surface area contributed by atoms with E-state index in [-0.39, 0.29) is 0 Å². The Bertz CT molecular complexity index is 213. The van der Waals surface area contributed by atoms with Gasteiger partial charge in [-0.2, -0.15) is 0 Å². The molecule has 0 radical (unpaired) electrons. The maximum Gasteiger partial charge on any atom is 0.00907 e. The van der Waals surface area contributed by atoms with E-state index in [0.29, 0.717) is 0 Å². The van der Waals surface area contributed by atoms with Crippen LogP contribution in [0.5, 0.6) is 0 Å². The van der Waals surface area contributed by atoms with E-state index < -0.39 is 0 Å². The zero-order valence-electron chi connectivity index (χ0n) is 10.8. The molecule has 0 nitrogen and oxygen atoms in total. The van der Waals surface area contributed by atoms with Crippen molar-refractivity contribution in [3.05, 3.63) is 0 Å². The Hall–Kier alpha value is 0.480. The van der Waals surface area contributed by atoms with Gasteiger partial charge >= 0.3 is 0 Å². The third kappa shape index (κ3) is 2.66. The normalized spacial score (nSPS) is 37.1. The van der Waals surface area contributed by atoms with Gasteiger partial charge in [0, 0.05) is 5.33 Å². The number of rotatable bonds is 7. The number of hydrogen-bond donors (Lipinski definition) is 0. The fourth-order valence-electron chi connectivity index (χ4n) is 4.18. The Morgan fingerprint density at radius 3 is 2.50 bits per heavy atom. The van der Waals surface area contributed by atoms with Gasteiger partial charge in [-0.05, 0) is 42.9 Å². The number of fused-ring (bicyclic) bond motifs is 2. The zero-order valence-corrected chi connectivity index (χ0v) is 12.4. The lowest BCUT2D eigenvalue weighted by Crippen LogP contribution is -2.29. The third-order valence-corrected chi connectivity index (χ3v) is 6.26. The molecule has 0 aliphatic heterocycles. The Balaban J connectivity index is 1.73. The Morgan fingerprint density at radius 2 is 1.94 bits per heavy atom. The maximum atomic E-state index is 3.82. The molecule has 94 valence electrons. The van der Waals surface area contributed by atoms with E-state index in [1.165, 1.54) is 63.1 Å². The Morgan fingerprint density at radius 1 is 1.12 bits per heavy atom. The van der Waals surface area contributed by atoms with Gasteiger partial charge < -0.3 is 0 Å². The van der Waals surface area contributed by atoms with Gasteiger partial charge in [-0.3, -0.25) is 0 Å². The topological polar surface area (TPSA) is 0 Å². The molecular weight excluding hydrogens is 260 g/mol. The maximum absolute atomic E-state index is 3.82. The van der Waals surface area contributed by atoms with Gasteiger partial charge in [-0.25, -0.2) is 0 Å². The van der Waals surface area contributed by atoms with Crippen LogP contribution in [-0.2, 0) is 0 Å². The van der Waals surface area contributed by atoms with Crippen molar-refractivity contribution in [2.24, 2.45) is 17.3 Å². The van der Waals surface area contributed by atoms with Gasteiger partial charge in [0.1, 0.15) is 0 Å². The van der Waals surface area contributed by atoms with E-state index in [0.717, 1.165) is 17.3 Å². The standard InChI is InChI=1S/C15H27Br/c1-2-3-4-5-6-9-15(12-16)11-13-7-8-14(15)10-13/h13-14H,2-12H2,1H3. The summed E-state index contributed by atoms with van der Waals surface area (Å²) in [6, 6.07) is 0. The van der Waals surface area contributed by atoms with Crippen LogP contribution >= 0.6 is 15.9 Å². The molecule has 2 saturated carbocycles. The fraction of sp³-hybridized carbons (Fsp3) is 1.00. The monoisotopic (exact) mass is 286 g/mol. The summed E-state index contributed by atoms with van der Waals surface area (Å²) in [5.41, 5.74) is 0.717. The predicted molar refractivity (Wildman–Crippen MR) is 75.1 cm³/mol. The molecule has 2 aliphatic rings. The number of alkyl halides is 1. The summed E-state index contributed by atoms with van der Waals surface area (Å²) in [6.07, 6.45) is 14.9. The average Bonchev–Trinajstić information content (AvgIpc) is 2.89. The minimum atomic E-state index is 0.717. The Labute approximate surface area is 110 Å². The summed E-state index contributed by atoms with van der Waals surface area (Å²) in [5, 5.41) is 1.27. The van der Waals surface area contributed by atoms with E-state index in [4.69, 9.17) is 0 Å². The van der Waals surface area contributed by atoms with Crippen molar-refractivity contribution in [2.75, 3.05) is 5.33 Å². The highest BCUT2D eigenvalue weighted by atomic mass is 79.9. The van der Waals surface area contributed by atoms with Crippen LogP contribution in [0.4, 0.5) is 0 Å². The molecule has 0 spiro atoms. The molecule has 2 fully saturated rings. The second-order valence-corrected chi connectivity index (χ2v) is 6.80. The van der Waals surface area contributed by atoms with E-state index in [1.807, 2.05) is 0 Å². The van der Waals surface area contributed by atoms with Crippen LogP contribution in [0.15, 0.2) is 0 Å². The van der Waals surface area contributed by atoms with E-state index in [1.54, 1.807) is 6.42 Å². The summed E-state index contributed by atoms with van der Waals surface area (Å²) < 4.78 is 0. The quantitative estimate of drug-likeness (QED) is 0.425. The first-order valence-electron chi connectivity index (χ1n) is 7.36. The van der Waals surface area contributed by atoms with Crippen LogP contribution in [0.2, 0.25) is 0 Å². The van der Waals surface area contributed by atoms with Crippen molar-refractivity contribution in [2.45, 2.75) is 71.1 Å². The van der Waals surface area contributed by atoms with Crippen molar-refractivity contribution < 1.29 is 0 Å². The minimum absolute atomic E-state index is 0.717. The summed E-state index contributed by atoms with van der Waals surface area (Å²) >= 11 is 3.82. The smallest absolute Gasteiger partial charge is 0.00907 e. The lowest BCUT2D eigenvalue weighted by atomic mass is 9.71. The van der Waals surface area contributed by atoms with Crippen molar-refractivity contribution >= 4 is 15.9 Å². The lowest BCUT2D eigenvalue weighted by molar-refractivity contribution is 0.175. The van der Waals surface area contributed by atoms with E-state index >= 15 is 0 Å². The molecule has 0 heterocycles. The molecule has 0 amide bonds. The highest BCUT2D eigenvalue weighted by Gasteiger charge is 2.49. The molecule has 2 rings (SSSR count). The van der Waals surface area contributed by atoms with Crippen molar-refractivity contribution in [3.63, 3.8) is 0 Å².